The molecule has 0 bridgehead atoms. The Bertz CT molecular complexity index is 415. The number of ether oxygens (including phenoxy) is 1. The third-order valence-electron chi connectivity index (χ3n) is 4.15. The molecular formula is C17H29N3O. The molecule has 1 saturated carbocycles. The van der Waals surface area contributed by atoms with E-state index in [1.807, 2.05) is 6.20 Å². The highest BCUT2D eigenvalue weighted by molar-refractivity contribution is 5.41. The summed E-state index contributed by atoms with van der Waals surface area (Å²) in [7, 11) is 1.76. The number of anilines is 1. The average Bonchev–Trinajstić information content (AvgIpc) is 3.31. The monoisotopic (exact) mass is 291 g/mol. The molecule has 1 heterocycles. The second kappa shape index (κ2) is 7.76. The van der Waals surface area contributed by atoms with Gasteiger partial charge in [0.25, 0.3) is 0 Å². The molecule has 1 unspecified atom stereocenters. The van der Waals surface area contributed by atoms with Gasteiger partial charge in [-0.3, -0.25) is 0 Å². The van der Waals surface area contributed by atoms with Crippen molar-refractivity contribution in [1.82, 2.24) is 10.3 Å². The number of aromatic nitrogens is 1. The molecule has 4 nitrogen and oxygen atoms in total. The third kappa shape index (κ3) is 4.97. The highest BCUT2D eigenvalue weighted by Crippen LogP contribution is 2.36. The lowest BCUT2D eigenvalue weighted by Gasteiger charge is -2.30. The van der Waals surface area contributed by atoms with Crippen molar-refractivity contribution in [1.29, 1.82) is 0 Å². The highest BCUT2D eigenvalue weighted by atomic mass is 16.5. The molecule has 0 spiro atoms. The smallest absolute Gasteiger partial charge is 0.128 e. The first-order valence-corrected chi connectivity index (χ1v) is 8.05. The van der Waals surface area contributed by atoms with Crippen LogP contribution in [0, 0.1) is 5.92 Å². The Kier molecular flexibility index (Phi) is 6.00. The molecule has 0 aromatic carbocycles. The molecule has 1 aromatic heterocycles. The maximum absolute atomic E-state index is 5.25. The van der Waals surface area contributed by atoms with E-state index in [0.29, 0.717) is 12.1 Å². The number of hydrogen-bond acceptors (Lipinski definition) is 4. The number of rotatable bonds is 9. The predicted molar refractivity (Wildman–Crippen MR) is 87.6 cm³/mol. The minimum atomic E-state index is 0.498. The van der Waals surface area contributed by atoms with Gasteiger partial charge in [-0.2, -0.15) is 0 Å². The molecule has 4 heteroatoms. The maximum atomic E-state index is 5.25. The van der Waals surface area contributed by atoms with E-state index in [0.717, 1.165) is 31.4 Å². The molecule has 0 aliphatic heterocycles. The van der Waals surface area contributed by atoms with Gasteiger partial charge >= 0.3 is 0 Å². The molecule has 0 saturated heterocycles. The predicted octanol–water partition coefficient (Wildman–Crippen LogP) is 2.83. The van der Waals surface area contributed by atoms with Crippen molar-refractivity contribution >= 4 is 5.82 Å². The zero-order chi connectivity index (χ0) is 15.2. The molecule has 1 aliphatic rings. The van der Waals surface area contributed by atoms with Gasteiger partial charge in [0.2, 0.25) is 0 Å². The molecule has 21 heavy (non-hydrogen) atoms. The van der Waals surface area contributed by atoms with Crippen LogP contribution in [0.5, 0.6) is 0 Å². The van der Waals surface area contributed by atoms with Gasteiger partial charge in [-0.05, 0) is 37.3 Å². The van der Waals surface area contributed by atoms with Gasteiger partial charge < -0.3 is 15.0 Å². The van der Waals surface area contributed by atoms with Crippen LogP contribution in [0.4, 0.5) is 5.82 Å². The van der Waals surface area contributed by atoms with E-state index in [1.54, 1.807) is 7.11 Å². The zero-order valence-corrected chi connectivity index (χ0v) is 13.8. The zero-order valence-electron chi connectivity index (χ0n) is 13.8. The van der Waals surface area contributed by atoms with E-state index >= 15 is 0 Å². The number of nitrogens with one attached hydrogen (secondary N) is 1. The fraction of sp³-hybridized carbons (Fsp3) is 0.706. The number of pyridine rings is 1. The molecule has 2 rings (SSSR count). The topological polar surface area (TPSA) is 37.4 Å². The first-order chi connectivity index (χ1) is 10.1. The first-order valence-electron chi connectivity index (χ1n) is 8.05. The Balaban J connectivity index is 2.01. The van der Waals surface area contributed by atoms with Crippen molar-refractivity contribution in [2.24, 2.45) is 5.92 Å². The van der Waals surface area contributed by atoms with Gasteiger partial charge in [0.15, 0.2) is 0 Å². The quantitative estimate of drug-likeness (QED) is 0.759. The standard InChI is InChI=1S/C17H29N3O/c1-13(2)18-11-15-5-8-17(19-12-15)20(9-10-21-4)14(3)16-6-7-16/h5,8,12-14,16,18H,6-7,9-11H2,1-4H3. The van der Waals surface area contributed by atoms with Gasteiger partial charge in [-0.1, -0.05) is 19.9 Å². The first kappa shape index (κ1) is 16.2. The van der Waals surface area contributed by atoms with Crippen LogP contribution in [-0.2, 0) is 11.3 Å². The van der Waals surface area contributed by atoms with E-state index in [2.05, 4.69) is 48.1 Å². The number of nitrogens with zero attached hydrogens (tertiary/aromatic N) is 2. The lowest BCUT2D eigenvalue weighted by Crippen LogP contribution is -2.37. The molecular weight excluding hydrogens is 262 g/mol. The van der Waals surface area contributed by atoms with E-state index in [9.17, 15) is 0 Å². The summed E-state index contributed by atoms with van der Waals surface area (Å²) in [5.41, 5.74) is 1.23. The van der Waals surface area contributed by atoms with Gasteiger partial charge in [0.05, 0.1) is 6.61 Å². The molecule has 1 aliphatic carbocycles. The van der Waals surface area contributed by atoms with Gasteiger partial charge in [0.1, 0.15) is 5.82 Å². The van der Waals surface area contributed by atoms with Crippen molar-refractivity contribution in [2.75, 3.05) is 25.2 Å². The van der Waals surface area contributed by atoms with Crippen LogP contribution < -0.4 is 10.2 Å². The summed E-state index contributed by atoms with van der Waals surface area (Å²) in [4.78, 5) is 7.06. The number of methoxy groups -OCH3 is 1. The third-order valence-corrected chi connectivity index (χ3v) is 4.15. The van der Waals surface area contributed by atoms with Gasteiger partial charge in [-0.15, -0.1) is 0 Å². The Labute approximate surface area is 128 Å². The lowest BCUT2D eigenvalue weighted by molar-refractivity contribution is 0.202. The fourth-order valence-corrected chi connectivity index (χ4v) is 2.56. The van der Waals surface area contributed by atoms with Crippen molar-refractivity contribution in [3.05, 3.63) is 23.9 Å². The van der Waals surface area contributed by atoms with Crippen LogP contribution in [0.1, 0.15) is 39.2 Å². The van der Waals surface area contributed by atoms with Crippen molar-refractivity contribution in [2.45, 2.75) is 52.2 Å². The van der Waals surface area contributed by atoms with Gasteiger partial charge in [-0.25, -0.2) is 4.98 Å². The molecule has 118 valence electrons. The second-order valence-electron chi connectivity index (χ2n) is 6.32. The molecule has 0 radical (unpaired) electrons. The summed E-state index contributed by atoms with van der Waals surface area (Å²) >= 11 is 0. The Hall–Kier alpha value is -1.13. The second-order valence-corrected chi connectivity index (χ2v) is 6.32. The van der Waals surface area contributed by atoms with E-state index in [1.165, 1.54) is 18.4 Å². The van der Waals surface area contributed by atoms with Crippen LogP contribution in [-0.4, -0.2) is 37.3 Å². The van der Waals surface area contributed by atoms with Crippen LogP contribution in [0.25, 0.3) is 0 Å². The van der Waals surface area contributed by atoms with Crippen LogP contribution in [0.15, 0.2) is 18.3 Å². The van der Waals surface area contributed by atoms with E-state index < -0.39 is 0 Å². The number of hydrogen-bond donors (Lipinski definition) is 1. The summed E-state index contributed by atoms with van der Waals surface area (Å²) in [6.45, 7) is 9.15. The minimum Gasteiger partial charge on any atom is -0.383 e. The summed E-state index contributed by atoms with van der Waals surface area (Å²) in [6.07, 6.45) is 4.69. The Morgan fingerprint density at radius 1 is 1.33 bits per heavy atom. The van der Waals surface area contributed by atoms with Crippen molar-refractivity contribution in [3.8, 4) is 0 Å². The summed E-state index contributed by atoms with van der Waals surface area (Å²) < 4.78 is 5.25. The normalized spacial score (nSPS) is 16.2. The van der Waals surface area contributed by atoms with Gasteiger partial charge in [0, 0.05) is 38.5 Å². The molecule has 1 N–H and O–H groups in total. The fourth-order valence-electron chi connectivity index (χ4n) is 2.56. The van der Waals surface area contributed by atoms with Crippen molar-refractivity contribution in [3.63, 3.8) is 0 Å². The lowest BCUT2D eigenvalue weighted by atomic mass is 10.1. The van der Waals surface area contributed by atoms with Crippen LogP contribution in [0.3, 0.4) is 0 Å². The van der Waals surface area contributed by atoms with Crippen LogP contribution in [0.2, 0.25) is 0 Å². The molecule has 1 fully saturated rings. The minimum absolute atomic E-state index is 0.498. The summed E-state index contributed by atoms with van der Waals surface area (Å²) in [5.74, 6) is 1.89. The maximum Gasteiger partial charge on any atom is 0.128 e. The molecule has 1 aromatic rings. The van der Waals surface area contributed by atoms with Crippen LogP contribution >= 0.6 is 0 Å². The molecule has 0 amide bonds. The Morgan fingerprint density at radius 3 is 2.62 bits per heavy atom. The average molecular weight is 291 g/mol. The molecule has 1 atom stereocenters. The van der Waals surface area contributed by atoms with E-state index in [4.69, 9.17) is 4.74 Å². The largest absolute Gasteiger partial charge is 0.383 e. The van der Waals surface area contributed by atoms with E-state index in [-0.39, 0.29) is 0 Å². The Morgan fingerprint density at radius 2 is 2.10 bits per heavy atom. The summed E-state index contributed by atoms with van der Waals surface area (Å²) in [5, 5.41) is 3.42. The SMILES string of the molecule is COCCN(c1ccc(CNC(C)C)cn1)C(C)C1CC1. The summed E-state index contributed by atoms with van der Waals surface area (Å²) in [6, 6.07) is 5.37. The highest BCUT2D eigenvalue weighted by Gasteiger charge is 2.32. The van der Waals surface area contributed by atoms with Crippen molar-refractivity contribution < 1.29 is 4.74 Å².